The van der Waals surface area contributed by atoms with Gasteiger partial charge in [-0.25, -0.2) is 13.4 Å². The molecule has 1 unspecified atom stereocenters. The van der Waals surface area contributed by atoms with Gasteiger partial charge in [-0.2, -0.15) is 4.72 Å². The minimum Gasteiger partial charge on any atom is -0.325 e. The second kappa shape index (κ2) is 11.6. The second-order valence-electron chi connectivity index (χ2n) is 10.1. The predicted molar refractivity (Wildman–Crippen MR) is 157 cm³/mol. The van der Waals surface area contributed by atoms with Gasteiger partial charge in [-0.3, -0.25) is 9.59 Å². The van der Waals surface area contributed by atoms with Crippen molar-refractivity contribution >= 4 is 39.3 Å². The van der Waals surface area contributed by atoms with Gasteiger partial charge in [-0.05, 0) is 30.5 Å². The first-order valence-corrected chi connectivity index (χ1v) is 14.9. The number of amides is 2. The third-order valence-corrected chi connectivity index (χ3v) is 8.55. The number of para-hydroxylation sites is 1. The zero-order chi connectivity index (χ0) is 28.2. The van der Waals surface area contributed by atoms with Crippen molar-refractivity contribution < 1.29 is 18.0 Å². The van der Waals surface area contributed by atoms with Crippen LogP contribution >= 0.6 is 0 Å². The summed E-state index contributed by atoms with van der Waals surface area (Å²) in [5, 5.41) is 3.89. The van der Waals surface area contributed by atoms with Crippen LogP contribution in [-0.4, -0.2) is 44.7 Å². The molecule has 1 aliphatic carbocycles. The van der Waals surface area contributed by atoms with Crippen LogP contribution in [0.1, 0.15) is 48.8 Å². The molecule has 0 saturated heterocycles. The standard InChI is InChI=1S/C31H32N4O4S/c1-35-26-18-10-9-17-25(26)27(24-15-7-3-8-16-24)32-28(29(35)36)33-30(37)31(20-11-4-12-21-31)34-40(38,39)22-19-23-13-5-2-6-14-23/h2-3,5-10,13-19,22,28,34H,4,11-12,20-21H2,1H3,(H,33,37). The lowest BCUT2D eigenvalue weighted by atomic mass is 9.82. The molecular weight excluding hydrogens is 524 g/mol. The van der Waals surface area contributed by atoms with Gasteiger partial charge in [0.05, 0.1) is 11.4 Å². The van der Waals surface area contributed by atoms with Crippen molar-refractivity contribution in [1.82, 2.24) is 10.0 Å². The summed E-state index contributed by atoms with van der Waals surface area (Å²) in [5.41, 5.74) is 2.15. The van der Waals surface area contributed by atoms with E-state index in [-0.39, 0.29) is 0 Å². The number of likely N-dealkylation sites (N-methyl/N-ethyl adjacent to an activating group) is 1. The van der Waals surface area contributed by atoms with Crippen molar-refractivity contribution in [3.8, 4) is 0 Å². The fraction of sp³-hybridized carbons (Fsp3) is 0.258. The van der Waals surface area contributed by atoms with Gasteiger partial charge in [0.25, 0.3) is 5.91 Å². The van der Waals surface area contributed by atoms with Crippen molar-refractivity contribution in [3.05, 3.63) is 107 Å². The Labute approximate surface area is 234 Å². The van der Waals surface area contributed by atoms with Crippen molar-refractivity contribution in [2.75, 3.05) is 11.9 Å². The summed E-state index contributed by atoms with van der Waals surface area (Å²) >= 11 is 0. The number of sulfonamides is 1. The van der Waals surface area contributed by atoms with Crippen LogP contribution in [-0.2, 0) is 19.6 Å². The minimum atomic E-state index is -3.98. The van der Waals surface area contributed by atoms with E-state index in [4.69, 9.17) is 4.99 Å². The topological polar surface area (TPSA) is 108 Å². The highest BCUT2D eigenvalue weighted by atomic mass is 32.2. The van der Waals surface area contributed by atoms with Gasteiger partial charge in [0, 0.05) is 23.6 Å². The Morgan fingerprint density at radius 1 is 0.925 bits per heavy atom. The summed E-state index contributed by atoms with van der Waals surface area (Å²) < 4.78 is 29.0. The van der Waals surface area contributed by atoms with E-state index < -0.39 is 33.5 Å². The molecule has 206 valence electrons. The third kappa shape index (κ3) is 5.90. The maximum atomic E-state index is 13.9. The lowest BCUT2D eigenvalue weighted by Gasteiger charge is -2.36. The number of carbonyl (C=O) groups excluding carboxylic acids is 2. The number of benzodiazepines with no additional fused rings is 1. The van der Waals surface area contributed by atoms with E-state index in [1.54, 1.807) is 19.2 Å². The summed E-state index contributed by atoms with van der Waals surface area (Å²) in [5.74, 6) is -0.970. The quantitative estimate of drug-likeness (QED) is 0.454. The van der Waals surface area contributed by atoms with E-state index >= 15 is 0 Å². The number of rotatable bonds is 7. The number of aliphatic imine (C=N–C) groups is 1. The van der Waals surface area contributed by atoms with Crippen LogP contribution in [0.2, 0.25) is 0 Å². The van der Waals surface area contributed by atoms with Crippen molar-refractivity contribution in [2.24, 2.45) is 4.99 Å². The number of benzene rings is 3. The Hall–Kier alpha value is -4.08. The molecule has 0 aromatic heterocycles. The van der Waals surface area contributed by atoms with Crippen molar-refractivity contribution in [1.29, 1.82) is 0 Å². The van der Waals surface area contributed by atoms with E-state index in [1.165, 1.54) is 11.0 Å². The molecule has 9 heteroatoms. The molecule has 2 amide bonds. The lowest BCUT2D eigenvalue weighted by Crippen LogP contribution is -2.62. The maximum absolute atomic E-state index is 13.9. The second-order valence-corrected chi connectivity index (χ2v) is 11.7. The molecule has 1 aliphatic heterocycles. The molecule has 1 heterocycles. The zero-order valence-corrected chi connectivity index (χ0v) is 23.1. The Morgan fingerprint density at radius 3 is 2.25 bits per heavy atom. The highest BCUT2D eigenvalue weighted by Gasteiger charge is 2.44. The van der Waals surface area contributed by atoms with Gasteiger partial charge in [0.2, 0.25) is 22.1 Å². The molecule has 2 N–H and O–H groups in total. The van der Waals surface area contributed by atoms with E-state index in [1.807, 2.05) is 72.8 Å². The molecule has 0 bridgehead atoms. The Balaban J connectivity index is 1.47. The Morgan fingerprint density at radius 2 is 1.55 bits per heavy atom. The van der Waals surface area contributed by atoms with Crippen LogP contribution < -0.4 is 14.9 Å². The number of fused-ring (bicyclic) bond motifs is 1. The molecule has 2 aliphatic rings. The van der Waals surface area contributed by atoms with E-state index in [0.29, 0.717) is 37.1 Å². The highest BCUT2D eigenvalue weighted by Crippen LogP contribution is 2.31. The van der Waals surface area contributed by atoms with Gasteiger partial charge in [0.1, 0.15) is 5.54 Å². The molecule has 1 atom stereocenters. The van der Waals surface area contributed by atoms with Crippen molar-refractivity contribution in [2.45, 2.75) is 43.8 Å². The minimum absolute atomic E-state index is 0.323. The Kier molecular flexibility index (Phi) is 7.95. The first-order valence-electron chi connectivity index (χ1n) is 13.4. The largest absolute Gasteiger partial charge is 0.325 e. The van der Waals surface area contributed by atoms with Crippen LogP contribution in [0.3, 0.4) is 0 Å². The van der Waals surface area contributed by atoms with Crippen LogP contribution in [0.15, 0.2) is 95.3 Å². The van der Waals surface area contributed by atoms with Gasteiger partial charge in [-0.1, -0.05) is 98.1 Å². The smallest absolute Gasteiger partial charge is 0.272 e. The molecule has 1 saturated carbocycles. The molecule has 8 nitrogen and oxygen atoms in total. The van der Waals surface area contributed by atoms with Gasteiger partial charge < -0.3 is 10.2 Å². The van der Waals surface area contributed by atoms with E-state index in [0.717, 1.165) is 28.5 Å². The Bertz CT molecular complexity index is 1550. The average Bonchev–Trinajstić information content (AvgIpc) is 3.08. The number of nitrogens with zero attached hydrogens (tertiary/aromatic N) is 2. The maximum Gasteiger partial charge on any atom is 0.272 e. The van der Waals surface area contributed by atoms with Crippen LogP contribution in [0.25, 0.3) is 6.08 Å². The molecule has 0 spiro atoms. The SMILES string of the molecule is CN1C(=O)C(NC(=O)C2(NS(=O)(=O)C=Cc3ccccc3)CCCCC2)N=C(c2ccccc2)c2ccccc21. The zero-order valence-electron chi connectivity index (χ0n) is 22.3. The molecular formula is C31H32N4O4S. The number of nitrogens with one attached hydrogen (secondary N) is 2. The van der Waals surface area contributed by atoms with Gasteiger partial charge >= 0.3 is 0 Å². The molecule has 40 heavy (non-hydrogen) atoms. The number of hydrogen-bond donors (Lipinski definition) is 2. The fourth-order valence-corrected chi connectivity index (χ4v) is 6.52. The fourth-order valence-electron chi connectivity index (χ4n) is 5.27. The van der Waals surface area contributed by atoms with Gasteiger partial charge in [0.15, 0.2) is 0 Å². The lowest BCUT2D eigenvalue weighted by molar-refractivity contribution is -0.132. The molecule has 1 fully saturated rings. The predicted octanol–water partition coefficient (Wildman–Crippen LogP) is 4.24. The van der Waals surface area contributed by atoms with Crippen LogP contribution in [0, 0.1) is 0 Å². The summed E-state index contributed by atoms with van der Waals surface area (Å²) in [7, 11) is -2.33. The molecule has 3 aromatic rings. The first kappa shape index (κ1) is 27.5. The summed E-state index contributed by atoms with van der Waals surface area (Å²) in [6.07, 6.45) is 3.17. The number of anilines is 1. The molecule has 3 aromatic carbocycles. The van der Waals surface area contributed by atoms with Crippen LogP contribution in [0.4, 0.5) is 5.69 Å². The summed E-state index contributed by atoms with van der Waals surface area (Å²) in [4.78, 5) is 33.8. The van der Waals surface area contributed by atoms with Crippen LogP contribution in [0.5, 0.6) is 0 Å². The van der Waals surface area contributed by atoms with E-state index in [2.05, 4.69) is 10.0 Å². The molecule has 0 radical (unpaired) electrons. The van der Waals surface area contributed by atoms with E-state index in [9.17, 15) is 18.0 Å². The normalized spacial score (nSPS) is 19.0. The molecule has 5 rings (SSSR count). The van der Waals surface area contributed by atoms with Crippen molar-refractivity contribution in [3.63, 3.8) is 0 Å². The monoisotopic (exact) mass is 556 g/mol. The summed E-state index contributed by atoms with van der Waals surface area (Å²) in [6, 6.07) is 26.0. The first-order chi connectivity index (χ1) is 19.3. The number of hydrogen-bond acceptors (Lipinski definition) is 5. The highest BCUT2D eigenvalue weighted by molar-refractivity contribution is 7.92. The summed E-state index contributed by atoms with van der Waals surface area (Å²) in [6.45, 7) is 0. The number of carbonyl (C=O) groups is 2. The third-order valence-electron chi connectivity index (χ3n) is 7.38. The van der Waals surface area contributed by atoms with Gasteiger partial charge in [-0.15, -0.1) is 0 Å². The average molecular weight is 557 g/mol.